The predicted octanol–water partition coefficient (Wildman–Crippen LogP) is 4.27. The maximum Gasteiger partial charge on any atom is 0.238 e. The third kappa shape index (κ3) is 5.09. The Hall–Kier alpha value is -1.98. The SMILES string of the molecule is CCCCCN1NC(C(=O)NC(C)C2C=CC=CC2)CC1c1ccccc1F. The van der Waals surface area contributed by atoms with Crippen molar-refractivity contribution < 1.29 is 9.18 Å². The number of carbonyl (C=O) groups excluding carboxylic acids is 1. The lowest BCUT2D eigenvalue weighted by Gasteiger charge is -2.25. The van der Waals surface area contributed by atoms with Gasteiger partial charge in [-0.25, -0.2) is 14.8 Å². The molecule has 2 aliphatic rings. The third-order valence-corrected chi connectivity index (χ3v) is 5.77. The first-order chi connectivity index (χ1) is 13.6. The molecule has 1 amide bonds. The van der Waals surface area contributed by atoms with Crippen molar-refractivity contribution in [2.24, 2.45) is 5.92 Å². The lowest BCUT2D eigenvalue weighted by Crippen LogP contribution is -2.49. The van der Waals surface area contributed by atoms with Crippen molar-refractivity contribution in [3.05, 3.63) is 60.0 Å². The zero-order valence-corrected chi connectivity index (χ0v) is 16.9. The van der Waals surface area contributed by atoms with Crippen LogP contribution in [0.5, 0.6) is 0 Å². The van der Waals surface area contributed by atoms with Crippen LogP contribution < -0.4 is 10.7 Å². The smallest absolute Gasteiger partial charge is 0.238 e. The number of nitrogens with one attached hydrogen (secondary N) is 2. The van der Waals surface area contributed by atoms with E-state index in [1.807, 2.05) is 31.2 Å². The molecule has 5 heteroatoms. The minimum Gasteiger partial charge on any atom is -0.352 e. The van der Waals surface area contributed by atoms with Gasteiger partial charge in [0.2, 0.25) is 5.91 Å². The summed E-state index contributed by atoms with van der Waals surface area (Å²) in [6.07, 6.45) is 13.1. The number of allylic oxidation sites excluding steroid dienone is 3. The molecule has 1 heterocycles. The summed E-state index contributed by atoms with van der Waals surface area (Å²) in [5.41, 5.74) is 4.02. The number of hydrazine groups is 1. The Balaban J connectivity index is 1.66. The number of amides is 1. The van der Waals surface area contributed by atoms with Crippen LogP contribution in [-0.2, 0) is 4.79 Å². The highest BCUT2D eigenvalue weighted by Gasteiger charge is 2.37. The van der Waals surface area contributed by atoms with Crippen LogP contribution in [0.3, 0.4) is 0 Å². The summed E-state index contributed by atoms with van der Waals surface area (Å²) in [5.74, 6) is 0.108. The fraction of sp³-hybridized carbons (Fsp3) is 0.522. The minimum atomic E-state index is -0.336. The highest BCUT2D eigenvalue weighted by atomic mass is 19.1. The van der Waals surface area contributed by atoms with Gasteiger partial charge in [-0.1, -0.05) is 62.3 Å². The van der Waals surface area contributed by atoms with Crippen LogP contribution in [0, 0.1) is 11.7 Å². The molecule has 0 radical (unpaired) electrons. The van der Waals surface area contributed by atoms with Gasteiger partial charge in [0.15, 0.2) is 0 Å². The molecule has 1 fully saturated rings. The maximum absolute atomic E-state index is 14.4. The van der Waals surface area contributed by atoms with Crippen LogP contribution in [0.1, 0.15) is 57.6 Å². The summed E-state index contributed by atoms with van der Waals surface area (Å²) in [4.78, 5) is 12.9. The number of halogens is 1. The van der Waals surface area contributed by atoms with Crippen LogP contribution in [-0.4, -0.2) is 29.5 Å². The first-order valence-corrected chi connectivity index (χ1v) is 10.5. The number of nitrogens with zero attached hydrogens (tertiary/aromatic N) is 1. The molecule has 1 aliphatic heterocycles. The second kappa shape index (κ2) is 9.99. The molecule has 152 valence electrons. The Morgan fingerprint density at radius 3 is 2.86 bits per heavy atom. The van der Waals surface area contributed by atoms with Gasteiger partial charge in [0.05, 0.1) is 6.04 Å². The Kier molecular flexibility index (Phi) is 7.40. The highest BCUT2D eigenvalue weighted by Crippen LogP contribution is 2.32. The van der Waals surface area contributed by atoms with Gasteiger partial charge in [-0.05, 0) is 32.3 Å². The fourth-order valence-corrected chi connectivity index (χ4v) is 4.05. The molecule has 28 heavy (non-hydrogen) atoms. The van der Waals surface area contributed by atoms with E-state index in [0.717, 1.165) is 32.2 Å². The number of carbonyl (C=O) groups is 1. The largest absolute Gasteiger partial charge is 0.352 e. The third-order valence-electron chi connectivity index (χ3n) is 5.77. The van der Waals surface area contributed by atoms with Gasteiger partial charge >= 0.3 is 0 Å². The molecular formula is C23H32FN3O. The van der Waals surface area contributed by atoms with E-state index in [0.29, 0.717) is 17.9 Å². The number of benzene rings is 1. The average Bonchev–Trinajstić information content (AvgIpc) is 3.13. The molecule has 0 bridgehead atoms. The molecular weight excluding hydrogens is 353 g/mol. The molecule has 2 N–H and O–H groups in total. The number of hydrogen-bond acceptors (Lipinski definition) is 3. The fourth-order valence-electron chi connectivity index (χ4n) is 4.05. The number of hydrogen-bond donors (Lipinski definition) is 2. The number of unbranched alkanes of at least 4 members (excludes halogenated alkanes) is 2. The van der Waals surface area contributed by atoms with E-state index in [1.54, 1.807) is 6.07 Å². The van der Waals surface area contributed by atoms with Gasteiger partial charge in [0, 0.05) is 24.1 Å². The molecule has 1 aromatic carbocycles. The summed E-state index contributed by atoms with van der Waals surface area (Å²) in [6, 6.07) is 6.51. The molecule has 1 aromatic rings. The molecule has 3 rings (SSSR count). The second-order valence-electron chi connectivity index (χ2n) is 7.87. The van der Waals surface area contributed by atoms with Crippen molar-refractivity contribution in [3.8, 4) is 0 Å². The quantitative estimate of drug-likeness (QED) is 0.657. The van der Waals surface area contributed by atoms with Crippen LogP contribution in [0.15, 0.2) is 48.6 Å². The maximum atomic E-state index is 14.4. The Bertz CT molecular complexity index is 718. The van der Waals surface area contributed by atoms with E-state index < -0.39 is 0 Å². The van der Waals surface area contributed by atoms with Gasteiger partial charge in [-0.15, -0.1) is 0 Å². The molecule has 0 spiro atoms. The predicted molar refractivity (Wildman–Crippen MR) is 111 cm³/mol. The van der Waals surface area contributed by atoms with E-state index in [1.165, 1.54) is 6.07 Å². The molecule has 1 aliphatic carbocycles. The van der Waals surface area contributed by atoms with E-state index in [-0.39, 0.29) is 29.8 Å². The molecule has 4 unspecified atom stereocenters. The van der Waals surface area contributed by atoms with Crippen molar-refractivity contribution in [1.29, 1.82) is 0 Å². The second-order valence-corrected chi connectivity index (χ2v) is 7.87. The zero-order valence-electron chi connectivity index (χ0n) is 16.9. The Morgan fingerprint density at radius 1 is 1.32 bits per heavy atom. The monoisotopic (exact) mass is 385 g/mol. The topological polar surface area (TPSA) is 44.4 Å². The molecule has 0 aromatic heterocycles. The summed E-state index contributed by atoms with van der Waals surface area (Å²) < 4.78 is 14.4. The van der Waals surface area contributed by atoms with Crippen LogP contribution in [0.2, 0.25) is 0 Å². The van der Waals surface area contributed by atoms with Gasteiger partial charge < -0.3 is 5.32 Å². The van der Waals surface area contributed by atoms with E-state index in [2.05, 4.69) is 34.8 Å². The van der Waals surface area contributed by atoms with E-state index >= 15 is 0 Å². The lowest BCUT2D eigenvalue weighted by atomic mass is 9.93. The first kappa shape index (κ1) is 20.7. The Morgan fingerprint density at radius 2 is 2.14 bits per heavy atom. The zero-order chi connectivity index (χ0) is 19.9. The van der Waals surface area contributed by atoms with Gasteiger partial charge in [0.25, 0.3) is 0 Å². The lowest BCUT2D eigenvalue weighted by molar-refractivity contribution is -0.124. The summed E-state index contributed by atoms with van der Waals surface area (Å²) >= 11 is 0. The summed E-state index contributed by atoms with van der Waals surface area (Å²) in [7, 11) is 0. The molecule has 0 saturated carbocycles. The van der Waals surface area contributed by atoms with Crippen molar-refractivity contribution in [2.75, 3.05) is 6.54 Å². The van der Waals surface area contributed by atoms with E-state index in [9.17, 15) is 9.18 Å². The molecule has 1 saturated heterocycles. The van der Waals surface area contributed by atoms with Crippen molar-refractivity contribution in [2.45, 2.75) is 64.1 Å². The van der Waals surface area contributed by atoms with Gasteiger partial charge in [-0.3, -0.25) is 4.79 Å². The van der Waals surface area contributed by atoms with Crippen LogP contribution in [0.4, 0.5) is 4.39 Å². The molecule has 4 nitrogen and oxygen atoms in total. The van der Waals surface area contributed by atoms with Crippen molar-refractivity contribution in [3.63, 3.8) is 0 Å². The summed E-state index contributed by atoms with van der Waals surface area (Å²) in [6.45, 7) is 5.02. The minimum absolute atomic E-state index is 0.00483. The standard InChI is InChI=1S/C23H32FN3O/c1-3-4-10-15-27-22(19-13-8-9-14-20(19)24)16-21(26-27)23(28)25-17(2)18-11-6-5-7-12-18/h5-9,11,13-14,17-18,21-22,26H,3-4,10,12,15-16H2,1-2H3,(H,25,28). The van der Waals surface area contributed by atoms with Crippen molar-refractivity contribution in [1.82, 2.24) is 15.8 Å². The Labute approximate surface area is 167 Å². The average molecular weight is 386 g/mol. The van der Waals surface area contributed by atoms with Gasteiger partial charge in [0.1, 0.15) is 11.9 Å². The van der Waals surface area contributed by atoms with Crippen molar-refractivity contribution >= 4 is 5.91 Å². The highest BCUT2D eigenvalue weighted by molar-refractivity contribution is 5.82. The van der Waals surface area contributed by atoms with Crippen LogP contribution >= 0.6 is 0 Å². The normalized spacial score (nSPS) is 25.8. The van der Waals surface area contributed by atoms with Crippen LogP contribution in [0.25, 0.3) is 0 Å². The molecule has 4 atom stereocenters. The summed E-state index contributed by atoms with van der Waals surface area (Å²) in [5, 5.41) is 5.22. The number of rotatable bonds is 8. The van der Waals surface area contributed by atoms with Gasteiger partial charge in [-0.2, -0.15) is 0 Å². The first-order valence-electron chi connectivity index (χ1n) is 10.5. The van der Waals surface area contributed by atoms with E-state index in [4.69, 9.17) is 0 Å².